The molecule has 0 bridgehead atoms. The summed E-state index contributed by atoms with van der Waals surface area (Å²) in [5, 5.41) is 5.73. The highest BCUT2D eigenvalue weighted by Crippen LogP contribution is 2.40. The van der Waals surface area contributed by atoms with Gasteiger partial charge in [-0.3, -0.25) is 0 Å². The van der Waals surface area contributed by atoms with Crippen molar-refractivity contribution in [1.29, 1.82) is 0 Å². The molecular weight excluding hydrogens is 238 g/mol. The zero-order valence-electron chi connectivity index (χ0n) is 13.2. The second kappa shape index (κ2) is 6.12. The number of nitrogens with two attached hydrogens (primary N) is 1. The van der Waals surface area contributed by atoms with Crippen molar-refractivity contribution in [2.45, 2.75) is 71.9 Å². The minimum Gasteiger partial charge on any atom is -0.336 e. The highest BCUT2D eigenvalue weighted by molar-refractivity contribution is 5.74. The third-order valence-electron chi connectivity index (χ3n) is 4.23. The molecule has 0 aromatic heterocycles. The van der Waals surface area contributed by atoms with Gasteiger partial charge in [-0.1, -0.05) is 20.8 Å². The number of nitrogens with one attached hydrogen (secondary N) is 2. The number of hydrogen-bond donors (Lipinski definition) is 3. The van der Waals surface area contributed by atoms with Crippen molar-refractivity contribution < 1.29 is 4.79 Å². The smallest absolute Gasteiger partial charge is 0.315 e. The summed E-state index contributed by atoms with van der Waals surface area (Å²) in [4.78, 5) is 11.6. The Morgan fingerprint density at radius 1 is 1.32 bits per heavy atom. The first-order chi connectivity index (χ1) is 8.62. The summed E-state index contributed by atoms with van der Waals surface area (Å²) < 4.78 is 0. The number of urea groups is 1. The zero-order chi connectivity index (χ0) is 14.7. The van der Waals surface area contributed by atoms with E-state index in [1.54, 1.807) is 0 Å². The maximum absolute atomic E-state index is 11.6. The lowest BCUT2D eigenvalue weighted by atomic mass is 9.67. The first-order valence-corrected chi connectivity index (χ1v) is 7.46. The van der Waals surface area contributed by atoms with E-state index in [4.69, 9.17) is 5.73 Å². The summed E-state index contributed by atoms with van der Waals surface area (Å²) >= 11 is 0. The van der Waals surface area contributed by atoms with E-state index in [0.29, 0.717) is 12.0 Å². The second-order valence-corrected chi connectivity index (χ2v) is 7.48. The van der Waals surface area contributed by atoms with Crippen molar-refractivity contribution in [3.8, 4) is 0 Å². The number of rotatable bonds is 3. The van der Waals surface area contributed by atoms with E-state index in [9.17, 15) is 4.79 Å². The molecule has 0 saturated heterocycles. The summed E-state index contributed by atoms with van der Waals surface area (Å²) in [6.45, 7) is 11.4. The van der Waals surface area contributed by atoms with Gasteiger partial charge in [0.1, 0.15) is 0 Å². The molecule has 0 heterocycles. The molecule has 2 amide bonds. The lowest BCUT2D eigenvalue weighted by Gasteiger charge is -2.42. The Hall–Kier alpha value is -0.770. The van der Waals surface area contributed by atoms with Gasteiger partial charge < -0.3 is 16.4 Å². The van der Waals surface area contributed by atoms with Crippen molar-refractivity contribution in [2.75, 3.05) is 6.54 Å². The Kier molecular flexibility index (Phi) is 5.25. The van der Waals surface area contributed by atoms with Crippen molar-refractivity contribution in [3.05, 3.63) is 0 Å². The Morgan fingerprint density at radius 2 is 1.84 bits per heavy atom. The van der Waals surface area contributed by atoms with Gasteiger partial charge in [0.2, 0.25) is 0 Å². The van der Waals surface area contributed by atoms with Crippen LogP contribution in [0.4, 0.5) is 4.79 Å². The maximum Gasteiger partial charge on any atom is 0.315 e. The van der Waals surface area contributed by atoms with Gasteiger partial charge in [0.15, 0.2) is 0 Å². The van der Waals surface area contributed by atoms with Gasteiger partial charge in [0, 0.05) is 18.1 Å². The molecular formula is C15H31N3O. The summed E-state index contributed by atoms with van der Waals surface area (Å²) in [5.74, 6) is 0.744. The van der Waals surface area contributed by atoms with E-state index in [-0.39, 0.29) is 17.6 Å². The molecule has 19 heavy (non-hydrogen) atoms. The monoisotopic (exact) mass is 269 g/mol. The van der Waals surface area contributed by atoms with Crippen molar-refractivity contribution in [1.82, 2.24) is 10.6 Å². The third-order valence-corrected chi connectivity index (χ3v) is 4.23. The number of hydrogen-bond acceptors (Lipinski definition) is 2. The largest absolute Gasteiger partial charge is 0.336 e. The summed E-state index contributed by atoms with van der Waals surface area (Å²) in [7, 11) is 0. The third kappa shape index (κ3) is 5.39. The predicted octanol–water partition coefficient (Wildman–Crippen LogP) is 2.63. The van der Waals surface area contributed by atoms with Crippen molar-refractivity contribution in [2.24, 2.45) is 17.1 Å². The number of carbonyl (C=O) groups excluding carboxylic acids is 1. The van der Waals surface area contributed by atoms with Crippen molar-refractivity contribution >= 4 is 6.03 Å². The van der Waals surface area contributed by atoms with E-state index in [2.05, 4.69) is 31.4 Å². The fraction of sp³-hybridized carbons (Fsp3) is 0.933. The van der Waals surface area contributed by atoms with Gasteiger partial charge in [0.05, 0.1) is 0 Å². The minimum absolute atomic E-state index is 0.113. The fourth-order valence-corrected chi connectivity index (χ4v) is 2.81. The lowest BCUT2D eigenvalue weighted by molar-refractivity contribution is 0.133. The molecule has 0 atom stereocenters. The van der Waals surface area contributed by atoms with Gasteiger partial charge >= 0.3 is 6.03 Å². The standard InChI is InChI=1S/C15H31N3O/c1-11(2)18-13(19)17-10-15(16)8-6-12(7-9-15)14(3,4)5/h11-12H,6-10,16H2,1-5H3,(H2,17,18,19). The van der Waals surface area contributed by atoms with Crippen LogP contribution < -0.4 is 16.4 Å². The van der Waals surface area contributed by atoms with Crippen LogP contribution in [-0.4, -0.2) is 24.2 Å². The fourth-order valence-electron chi connectivity index (χ4n) is 2.81. The summed E-state index contributed by atoms with van der Waals surface area (Å²) in [6.07, 6.45) is 4.31. The number of carbonyl (C=O) groups is 1. The Labute approximate surface area is 117 Å². The Bertz CT molecular complexity index is 299. The molecule has 0 aromatic carbocycles. The Balaban J connectivity index is 2.38. The second-order valence-electron chi connectivity index (χ2n) is 7.48. The summed E-state index contributed by atoms with van der Waals surface area (Å²) in [5.41, 5.74) is 6.54. The normalized spacial score (nSPS) is 28.3. The molecule has 0 unspecified atom stereocenters. The topological polar surface area (TPSA) is 67.2 Å². The van der Waals surface area contributed by atoms with E-state index >= 15 is 0 Å². The number of amides is 2. The Morgan fingerprint density at radius 3 is 2.26 bits per heavy atom. The lowest BCUT2D eigenvalue weighted by Crippen LogP contribution is -2.54. The molecule has 0 radical (unpaired) electrons. The van der Waals surface area contributed by atoms with Crippen LogP contribution in [0.25, 0.3) is 0 Å². The van der Waals surface area contributed by atoms with Gasteiger partial charge in [-0.25, -0.2) is 4.79 Å². The summed E-state index contributed by atoms with van der Waals surface area (Å²) in [6, 6.07) is 0.0446. The molecule has 4 nitrogen and oxygen atoms in total. The van der Waals surface area contributed by atoms with Gasteiger partial charge in [-0.05, 0) is 50.9 Å². The van der Waals surface area contributed by atoms with E-state index in [0.717, 1.165) is 31.6 Å². The van der Waals surface area contributed by atoms with Crippen LogP contribution in [0, 0.1) is 11.3 Å². The molecule has 1 fully saturated rings. The molecule has 1 aliphatic carbocycles. The first kappa shape index (κ1) is 16.3. The van der Waals surface area contributed by atoms with Gasteiger partial charge in [0.25, 0.3) is 0 Å². The highest BCUT2D eigenvalue weighted by atomic mass is 16.2. The average molecular weight is 269 g/mol. The maximum atomic E-state index is 11.6. The zero-order valence-corrected chi connectivity index (χ0v) is 13.2. The van der Waals surface area contributed by atoms with E-state index in [1.165, 1.54) is 0 Å². The SMILES string of the molecule is CC(C)NC(=O)NCC1(N)CCC(C(C)(C)C)CC1. The van der Waals surface area contributed by atoms with Crippen LogP contribution in [0.2, 0.25) is 0 Å². The molecule has 0 aliphatic heterocycles. The molecule has 4 heteroatoms. The predicted molar refractivity (Wildman–Crippen MR) is 80.0 cm³/mol. The van der Waals surface area contributed by atoms with E-state index in [1.807, 2.05) is 13.8 Å². The van der Waals surface area contributed by atoms with Gasteiger partial charge in [-0.2, -0.15) is 0 Å². The van der Waals surface area contributed by atoms with Crippen LogP contribution >= 0.6 is 0 Å². The highest BCUT2D eigenvalue weighted by Gasteiger charge is 2.36. The molecule has 4 N–H and O–H groups in total. The van der Waals surface area contributed by atoms with Crippen molar-refractivity contribution in [3.63, 3.8) is 0 Å². The first-order valence-electron chi connectivity index (χ1n) is 7.46. The molecule has 1 saturated carbocycles. The minimum atomic E-state index is -0.226. The van der Waals surface area contributed by atoms with Crippen LogP contribution in [-0.2, 0) is 0 Å². The van der Waals surface area contributed by atoms with Gasteiger partial charge in [-0.15, -0.1) is 0 Å². The molecule has 1 aliphatic rings. The van der Waals surface area contributed by atoms with Crippen LogP contribution in [0.1, 0.15) is 60.3 Å². The van der Waals surface area contributed by atoms with Crippen LogP contribution in [0.3, 0.4) is 0 Å². The van der Waals surface area contributed by atoms with Crippen LogP contribution in [0.15, 0.2) is 0 Å². The molecule has 1 rings (SSSR count). The average Bonchev–Trinajstić information content (AvgIpc) is 2.25. The van der Waals surface area contributed by atoms with Crippen LogP contribution in [0.5, 0.6) is 0 Å². The molecule has 0 spiro atoms. The molecule has 0 aromatic rings. The van der Waals surface area contributed by atoms with E-state index < -0.39 is 0 Å². The molecule has 112 valence electrons. The quantitative estimate of drug-likeness (QED) is 0.737.